The van der Waals surface area contributed by atoms with Gasteiger partial charge >= 0.3 is 0 Å². The van der Waals surface area contributed by atoms with Crippen molar-refractivity contribution in [3.05, 3.63) is 59.9 Å². The highest BCUT2D eigenvalue weighted by molar-refractivity contribution is 7.89. The zero-order valence-electron chi connectivity index (χ0n) is 17.0. The lowest BCUT2D eigenvalue weighted by Crippen LogP contribution is -2.46. The smallest absolute Gasteiger partial charge is 0.252 e. The third kappa shape index (κ3) is 4.48. The fraction of sp³-hybridized carbons (Fsp3) is 0.400. The number of hydrogen-bond acceptors (Lipinski definition) is 6. The monoisotopic (exact) mass is 417 g/mol. The van der Waals surface area contributed by atoms with E-state index in [9.17, 15) is 13.2 Å². The van der Waals surface area contributed by atoms with Crippen LogP contribution in [-0.2, 0) is 10.0 Å². The van der Waals surface area contributed by atoms with E-state index in [-0.39, 0.29) is 35.0 Å². The zero-order valence-corrected chi connectivity index (χ0v) is 17.8. The minimum absolute atomic E-state index is 0.0439. The summed E-state index contributed by atoms with van der Waals surface area (Å²) >= 11 is 0. The van der Waals surface area contributed by atoms with Gasteiger partial charge in [-0.3, -0.25) is 9.78 Å². The Morgan fingerprint density at radius 1 is 1.10 bits per heavy atom. The lowest BCUT2D eigenvalue weighted by molar-refractivity contribution is 0.0922. The molecule has 1 fully saturated rings. The minimum Gasteiger partial charge on any atom is -0.335 e. The predicted molar refractivity (Wildman–Crippen MR) is 110 cm³/mol. The van der Waals surface area contributed by atoms with Gasteiger partial charge in [0.2, 0.25) is 10.0 Å². The largest absolute Gasteiger partial charge is 0.335 e. The van der Waals surface area contributed by atoms with Crippen LogP contribution in [0.15, 0.2) is 53.7 Å². The molecule has 29 heavy (non-hydrogen) atoms. The van der Waals surface area contributed by atoms with Crippen molar-refractivity contribution in [3.63, 3.8) is 0 Å². The molecule has 3 atom stereocenters. The first-order valence-corrected chi connectivity index (χ1v) is 11.0. The summed E-state index contributed by atoms with van der Waals surface area (Å²) in [5, 5.41) is 2.96. The molecular weight excluding hydrogens is 390 g/mol. The molecule has 0 aliphatic carbocycles. The van der Waals surface area contributed by atoms with Crippen LogP contribution >= 0.6 is 0 Å². The summed E-state index contributed by atoms with van der Waals surface area (Å²) in [4.78, 5) is 16.8. The Bertz CT molecular complexity index is 948. The minimum atomic E-state index is -3.58. The number of amides is 1. The van der Waals surface area contributed by atoms with Crippen LogP contribution in [-0.4, -0.2) is 42.9 Å². The van der Waals surface area contributed by atoms with Crippen LogP contribution in [0.3, 0.4) is 0 Å². The quantitative estimate of drug-likeness (QED) is 0.660. The highest BCUT2D eigenvalue weighted by atomic mass is 32.2. The van der Waals surface area contributed by atoms with E-state index in [0.717, 1.165) is 5.56 Å². The second-order valence-electron chi connectivity index (χ2n) is 7.50. The summed E-state index contributed by atoms with van der Waals surface area (Å²) in [6, 6.07) is 9.76. The molecule has 1 aliphatic rings. The van der Waals surface area contributed by atoms with Crippen molar-refractivity contribution in [1.82, 2.24) is 25.5 Å². The normalized spacial score (nSPS) is 22.2. The number of nitrogens with zero attached hydrogens (tertiary/aromatic N) is 2. The van der Waals surface area contributed by atoms with Crippen LogP contribution in [0.1, 0.15) is 42.7 Å². The van der Waals surface area contributed by atoms with E-state index in [1.807, 2.05) is 32.9 Å². The molecule has 1 aromatic carbocycles. The predicted octanol–water partition coefficient (Wildman–Crippen LogP) is 1.65. The van der Waals surface area contributed by atoms with Crippen LogP contribution < -0.4 is 16.2 Å². The van der Waals surface area contributed by atoms with Gasteiger partial charge in [-0.2, -0.15) is 4.31 Å². The van der Waals surface area contributed by atoms with Crippen molar-refractivity contribution >= 4 is 15.9 Å². The fourth-order valence-corrected chi connectivity index (χ4v) is 4.57. The summed E-state index contributed by atoms with van der Waals surface area (Å²) < 4.78 is 26.4. The van der Waals surface area contributed by atoms with Gasteiger partial charge in [0.05, 0.1) is 17.1 Å². The molecular formula is C20H27N5O3S. The molecule has 0 saturated carbocycles. The first-order valence-electron chi connectivity index (χ1n) is 9.51. The molecule has 9 heteroatoms. The molecule has 156 valence electrons. The Labute approximate surface area is 171 Å². The maximum Gasteiger partial charge on any atom is 0.252 e. The zero-order chi connectivity index (χ0) is 21.2. The van der Waals surface area contributed by atoms with Crippen LogP contribution in [0.4, 0.5) is 0 Å². The van der Waals surface area contributed by atoms with Gasteiger partial charge in [-0.05, 0) is 55.8 Å². The number of carbonyl (C=O) groups excluding carboxylic acids is 1. The number of nitrogens with one attached hydrogen (secondary N) is 3. The second kappa shape index (κ2) is 8.58. The van der Waals surface area contributed by atoms with E-state index >= 15 is 0 Å². The molecule has 1 saturated heterocycles. The van der Waals surface area contributed by atoms with Crippen molar-refractivity contribution < 1.29 is 13.2 Å². The number of hydrogen-bond donors (Lipinski definition) is 3. The maximum absolute atomic E-state index is 12.6. The number of pyridine rings is 1. The molecule has 0 bridgehead atoms. The Kier molecular flexibility index (Phi) is 6.33. The fourth-order valence-electron chi connectivity index (χ4n) is 3.21. The number of carbonyl (C=O) groups is 1. The summed E-state index contributed by atoms with van der Waals surface area (Å²) in [5.41, 5.74) is 7.80. The molecule has 0 radical (unpaired) electrons. The van der Waals surface area contributed by atoms with Crippen LogP contribution in [0.25, 0.3) is 0 Å². The molecule has 8 nitrogen and oxygen atoms in total. The van der Waals surface area contributed by atoms with Crippen molar-refractivity contribution in [3.8, 4) is 0 Å². The van der Waals surface area contributed by atoms with E-state index in [4.69, 9.17) is 0 Å². The standard InChI is InChI=1S/C20H27N5O3S/c1-13(2)25(4)29(27,28)17-7-5-16(6-8-17)20(26)22-19-14(3)18(23-24-19)15-9-11-21-12-10-15/h5-14,18-19,23-24H,1-4H3,(H,22,26). The summed E-state index contributed by atoms with van der Waals surface area (Å²) in [7, 11) is -2.03. The Morgan fingerprint density at radius 2 is 1.72 bits per heavy atom. The lowest BCUT2D eigenvalue weighted by atomic mass is 9.95. The Hall–Kier alpha value is -2.33. The Morgan fingerprint density at radius 3 is 2.31 bits per heavy atom. The molecule has 1 amide bonds. The van der Waals surface area contributed by atoms with Crippen LogP contribution in [0.5, 0.6) is 0 Å². The Balaban J connectivity index is 1.67. The van der Waals surface area contributed by atoms with Crippen LogP contribution in [0.2, 0.25) is 0 Å². The van der Waals surface area contributed by atoms with Crippen molar-refractivity contribution in [2.75, 3.05) is 7.05 Å². The van der Waals surface area contributed by atoms with E-state index < -0.39 is 10.0 Å². The van der Waals surface area contributed by atoms with Gasteiger partial charge in [0.15, 0.2) is 0 Å². The third-order valence-electron chi connectivity index (χ3n) is 5.32. The molecule has 3 N–H and O–H groups in total. The highest BCUT2D eigenvalue weighted by Crippen LogP contribution is 2.27. The summed E-state index contributed by atoms with van der Waals surface area (Å²) in [6.07, 6.45) is 3.21. The van der Waals surface area contributed by atoms with Gasteiger partial charge in [0, 0.05) is 37.0 Å². The van der Waals surface area contributed by atoms with Crippen molar-refractivity contribution in [2.24, 2.45) is 5.92 Å². The van der Waals surface area contributed by atoms with Gasteiger partial charge in [-0.15, -0.1) is 0 Å². The summed E-state index contributed by atoms with van der Waals surface area (Å²) in [5.74, 6) is -0.173. The molecule has 2 heterocycles. The van der Waals surface area contributed by atoms with Gasteiger partial charge < -0.3 is 5.32 Å². The number of rotatable bonds is 6. The van der Waals surface area contributed by atoms with Gasteiger partial charge in [-0.1, -0.05) is 6.92 Å². The number of sulfonamides is 1. The van der Waals surface area contributed by atoms with E-state index in [0.29, 0.717) is 5.56 Å². The maximum atomic E-state index is 12.6. The van der Waals surface area contributed by atoms with Crippen LogP contribution in [0, 0.1) is 5.92 Å². The molecule has 1 aliphatic heterocycles. The molecule has 3 rings (SSSR count). The number of aromatic nitrogens is 1. The van der Waals surface area contributed by atoms with Gasteiger partial charge in [-0.25, -0.2) is 19.3 Å². The number of hydrazine groups is 1. The topological polar surface area (TPSA) is 103 Å². The molecule has 2 aromatic rings. The van der Waals surface area contributed by atoms with Gasteiger partial charge in [0.1, 0.15) is 0 Å². The summed E-state index contributed by atoms with van der Waals surface area (Å²) in [6.45, 7) is 5.66. The van der Waals surface area contributed by atoms with Crippen molar-refractivity contribution in [1.29, 1.82) is 0 Å². The molecule has 1 aromatic heterocycles. The van der Waals surface area contributed by atoms with Gasteiger partial charge in [0.25, 0.3) is 5.91 Å². The molecule has 0 spiro atoms. The van der Waals surface area contributed by atoms with E-state index in [1.54, 1.807) is 19.4 Å². The van der Waals surface area contributed by atoms with E-state index in [1.165, 1.54) is 28.6 Å². The lowest BCUT2D eigenvalue weighted by Gasteiger charge is -2.21. The molecule has 3 unspecified atom stereocenters. The first-order chi connectivity index (χ1) is 13.7. The van der Waals surface area contributed by atoms with Crippen molar-refractivity contribution in [2.45, 2.75) is 43.9 Å². The SMILES string of the molecule is CC1C(NC(=O)c2ccc(S(=O)(=O)N(C)C(C)C)cc2)NNC1c1ccncc1. The second-order valence-corrected chi connectivity index (χ2v) is 9.49. The first kappa shape index (κ1) is 21.4. The van der Waals surface area contributed by atoms with E-state index in [2.05, 4.69) is 21.2 Å². The average Bonchev–Trinajstić information content (AvgIpc) is 3.08. The third-order valence-corrected chi connectivity index (χ3v) is 7.37. The number of benzene rings is 1. The average molecular weight is 418 g/mol. The highest BCUT2D eigenvalue weighted by Gasteiger charge is 2.34.